The monoisotopic (exact) mass is 375 g/mol. The van der Waals surface area contributed by atoms with E-state index in [0.29, 0.717) is 25.8 Å². The number of amides is 1. The van der Waals surface area contributed by atoms with Crippen molar-refractivity contribution in [1.82, 2.24) is 14.7 Å². The van der Waals surface area contributed by atoms with Crippen LogP contribution in [0.2, 0.25) is 0 Å². The highest BCUT2D eigenvalue weighted by Crippen LogP contribution is 2.31. The first-order chi connectivity index (χ1) is 13.0. The number of carboxylic acids is 1. The lowest BCUT2D eigenvalue weighted by Gasteiger charge is -2.22. The molecular formula is C19H19F2N3O3. The Kier molecular flexibility index (Phi) is 4.41. The van der Waals surface area contributed by atoms with E-state index in [2.05, 4.69) is 5.10 Å². The molecule has 2 heterocycles. The van der Waals surface area contributed by atoms with Gasteiger partial charge in [0.05, 0.1) is 6.42 Å². The van der Waals surface area contributed by atoms with Crippen LogP contribution in [0.1, 0.15) is 47.4 Å². The number of carbonyl (C=O) groups is 2. The highest BCUT2D eigenvalue weighted by atomic mass is 19.2. The summed E-state index contributed by atoms with van der Waals surface area (Å²) in [6.45, 7) is 0.479. The van der Waals surface area contributed by atoms with Gasteiger partial charge in [0, 0.05) is 23.8 Å². The van der Waals surface area contributed by atoms with Crippen LogP contribution in [0.3, 0.4) is 0 Å². The number of rotatable bonds is 4. The van der Waals surface area contributed by atoms with Gasteiger partial charge < -0.3 is 10.0 Å². The molecule has 0 spiro atoms. The van der Waals surface area contributed by atoms with Crippen LogP contribution in [-0.4, -0.2) is 44.3 Å². The zero-order chi connectivity index (χ0) is 19.1. The second-order valence-corrected chi connectivity index (χ2v) is 7.00. The van der Waals surface area contributed by atoms with E-state index in [0.717, 1.165) is 30.2 Å². The molecule has 142 valence electrons. The lowest BCUT2D eigenvalue weighted by atomic mass is 10.1. The van der Waals surface area contributed by atoms with Crippen LogP contribution < -0.4 is 0 Å². The van der Waals surface area contributed by atoms with Crippen LogP contribution in [0.25, 0.3) is 5.69 Å². The predicted octanol–water partition coefficient (Wildman–Crippen LogP) is 2.72. The summed E-state index contributed by atoms with van der Waals surface area (Å²) in [6, 6.07) is 3.52. The second-order valence-electron chi connectivity index (χ2n) is 7.00. The van der Waals surface area contributed by atoms with Crippen molar-refractivity contribution < 1.29 is 23.5 Å². The first-order valence-corrected chi connectivity index (χ1v) is 9.05. The van der Waals surface area contributed by atoms with Gasteiger partial charge in [-0.05, 0) is 44.2 Å². The van der Waals surface area contributed by atoms with Crippen molar-refractivity contribution in [3.8, 4) is 5.69 Å². The third kappa shape index (κ3) is 2.98. The minimum absolute atomic E-state index is 0.0179. The molecule has 6 nitrogen and oxygen atoms in total. The Morgan fingerprint density at radius 1 is 1.22 bits per heavy atom. The van der Waals surface area contributed by atoms with E-state index in [1.54, 1.807) is 4.90 Å². The van der Waals surface area contributed by atoms with Gasteiger partial charge in [-0.1, -0.05) is 6.07 Å². The summed E-state index contributed by atoms with van der Waals surface area (Å²) in [4.78, 5) is 25.7. The fourth-order valence-corrected chi connectivity index (χ4v) is 4.12. The van der Waals surface area contributed by atoms with E-state index >= 15 is 0 Å². The average molecular weight is 375 g/mol. The summed E-state index contributed by atoms with van der Waals surface area (Å²) < 4.78 is 29.3. The molecule has 1 saturated heterocycles. The number of likely N-dealkylation sites (tertiary alicyclic amines) is 1. The molecule has 2 aromatic rings. The summed E-state index contributed by atoms with van der Waals surface area (Å²) in [5, 5.41) is 13.4. The van der Waals surface area contributed by atoms with Crippen LogP contribution in [-0.2, 0) is 17.6 Å². The Morgan fingerprint density at radius 3 is 2.81 bits per heavy atom. The van der Waals surface area contributed by atoms with Gasteiger partial charge in [-0.15, -0.1) is 0 Å². The Bertz CT molecular complexity index is 925. The summed E-state index contributed by atoms with van der Waals surface area (Å²) in [7, 11) is 0. The molecule has 0 saturated carbocycles. The SMILES string of the molecule is O=C(O)CC1CCCN1C(=O)c1nn(-c2cccc(F)c2F)c2c1CCC2. The Hall–Kier alpha value is -2.77. The van der Waals surface area contributed by atoms with E-state index in [9.17, 15) is 18.4 Å². The number of hydrogen-bond donors (Lipinski definition) is 1. The van der Waals surface area contributed by atoms with Gasteiger partial charge in [0.1, 0.15) is 5.69 Å². The molecule has 4 rings (SSSR count). The molecule has 1 aliphatic heterocycles. The van der Waals surface area contributed by atoms with Gasteiger partial charge in [0.25, 0.3) is 5.91 Å². The Balaban J connectivity index is 1.73. The molecule has 1 atom stereocenters. The molecule has 1 aromatic heterocycles. The standard InChI is InChI=1S/C19H19F2N3O3/c20-13-6-2-8-15(17(13)21)24-14-7-1-5-12(14)18(22-24)19(27)23-9-3-4-11(23)10-16(25)26/h2,6,8,11H,1,3-5,7,9-10H2,(H,25,26). The maximum atomic E-state index is 14.3. The maximum absolute atomic E-state index is 14.3. The van der Waals surface area contributed by atoms with E-state index in [1.807, 2.05) is 0 Å². The number of fused-ring (bicyclic) bond motifs is 1. The Labute approximate surface area is 154 Å². The Morgan fingerprint density at radius 2 is 2.04 bits per heavy atom. The molecule has 8 heteroatoms. The molecule has 1 N–H and O–H groups in total. The first kappa shape index (κ1) is 17.6. The summed E-state index contributed by atoms with van der Waals surface area (Å²) in [6.07, 6.45) is 3.36. The van der Waals surface area contributed by atoms with E-state index in [-0.39, 0.29) is 29.8 Å². The van der Waals surface area contributed by atoms with Gasteiger partial charge in [0.15, 0.2) is 17.3 Å². The van der Waals surface area contributed by atoms with Crippen LogP contribution in [0.4, 0.5) is 8.78 Å². The number of halogens is 2. The van der Waals surface area contributed by atoms with Crippen molar-refractivity contribution in [2.45, 2.75) is 44.6 Å². The topological polar surface area (TPSA) is 75.4 Å². The molecule has 1 unspecified atom stereocenters. The van der Waals surface area contributed by atoms with Gasteiger partial charge >= 0.3 is 5.97 Å². The van der Waals surface area contributed by atoms with Crippen molar-refractivity contribution in [2.75, 3.05) is 6.54 Å². The van der Waals surface area contributed by atoms with Crippen LogP contribution in [0.5, 0.6) is 0 Å². The van der Waals surface area contributed by atoms with E-state index < -0.39 is 17.6 Å². The molecule has 1 aromatic carbocycles. The molecule has 2 aliphatic rings. The molecule has 1 aliphatic carbocycles. The predicted molar refractivity (Wildman–Crippen MR) is 91.8 cm³/mol. The number of hydrogen-bond acceptors (Lipinski definition) is 3. The number of carbonyl (C=O) groups excluding carboxylic acids is 1. The number of aromatic nitrogens is 2. The summed E-state index contributed by atoms with van der Waals surface area (Å²) in [5.41, 5.74) is 1.68. The van der Waals surface area contributed by atoms with Crippen molar-refractivity contribution in [3.05, 3.63) is 46.8 Å². The third-order valence-electron chi connectivity index (χ3n) is 5.34. The van der Waals surface area contributed by atoms with Crippen LogP contribution in [0, 0.1) is 11.6 Å². The lowest BCUT2D eigenvalue weighted by molar-refractivity contribution is -0.137. The normalized spacial score (nSPS) is 18.7. The fourth-order valence-electron chi connectivity index (χ4n) is 4.12. The van der Waals surface area contributed by atoms with Gasteiger partial charge in [-0.2, -0.15) is 5.10 Å². The highest BCUT2D eigenvalue weighted by Gasteiger charge is 2.36. The fraction of sp³-hybridized carbons (Fsp3) is 0.421. The minimum Gasteiger partial charge on any atom is -0.481 e. The van der Waals surface area contributed by atoms with E-state index in [4.69, 9.17) is 5.11 Å². The smallest absolute Gasteiger partial charge is 0.305 e. The molecule has 0 bridgehead atoms. The largest absolute Gasteiger partial charge is 0.481 e. The highest BCUT2D eigenvalue weighted by molar-refractivity contribution is 5.95. The van der Waals surface area contributed by atoms with Gasteiger partial charge in [-0.3, -0.25) is 9.59 Å². The second kappa shape index (κ2) is 6.75. The lowest BCUT2D eigenvalue weighted by Crippen LogP contribution is -2.37. The average Bonchev–Trinajstić information content (AvgIpc) is 3.33. The van der Waals surface area contributed by atoms with Gasteiger partial charge in [-0.25, -0.2) is 13.5 Å². The summed E-state index contributed by atoms with van der Waals surface area (Å²) in [5.74, 6) is -3.24. The van der Waals surface area contributed by atoms with Gasteiger partial charge in [0.2, 0.25) is 0 Å². The van der Waals surface area contributed by atoms with Crippen LogP contribution in [0.15, 0.2) is 18.2 Å². The van der Waals surface area contributed by atoms with Crippen molar-refractivity contribution in [2.24, 2.45) is 0 Å². The minimum atomic E-state index is -1.00. The molecule has 27 heavy (non-hydrogen) atoms. The third-order valence-corrected chi connectivity index (χ3v) is 5.34. The number of nitrogens with zero attached hydrogens (tertiary/aromatic N) is 3. The van der Waals surface area contributed by atoms with Crippen molar-refractivity contribution >= 4 is 11.9 Å². The maximum Gasteiger partial charge on any atom is 0.305 e. The number of benzene rings is 1. The number of aliphatic carboxylic acids is 1. The molecular weight excluding hydrogens is 356 g/mol. The van der Waals surface area contributed by atoms with E-state index in [1.165, 1.54) is 16.8 Å². The zero-order valence-electron chi connectivity index (χ0n) is 14.6. The van der Waals surface area contributed by atoms with Crippen LogP contribution >= 0.6 is 0 Å². The van der Waals surface area contributed by atoms with Crippen molar-refractivity contribution in [3.63, 3.8) is 0 Å². The summed E-state index contributed by atoms with van der Waals surface area (Å²) >= 11 is 0. The molecule has 0 radical (unpaired) electrons. The zero-order valence-corrected chi connectivity index (χ0v) is 14.6. The number of carboxylic acid groups (broad SMARTS) is 1. The quantitative estimate of drug-likeness (QED) is 0.892. The first-order valence-electron chi connectivity index (χ1n) is 9.05. The molecule has 1 amide bonds. The molecule has 1 fully saturated rings. The van der Waals surface area contributed by atoms with Crippen molar-refractivity contribution in [1.29, 1.82) is 0 Å².